The van der Waals surface area contributed by atoms with Gasteiger partial charge in [0.1, 0.15) is 0 Å². The van der Waals surface area contributed by atoms with Crippen LogP contribution in [0.4, 0.5) is 0 Å². The van der Waals surface area contributed by atoms with E-state index < -0.39 is 0 Å². The van der Waals surface area contributed by atoms with Crippen molar-refractivity contribution in [3.8, 4) is 0 Å². The number of aryl methyl sites for hydroxylation is 2. The van der Waals surface area contributed by atoms with E-state index in [-0.39, 0.29) is 5.78 Å². The van der Waals surface area contributed by atoms with E-state index in [9.17, 15) is 4.79 Å². The Morgan fingerprint density at radius 2 is 2.24 bits per heavy atom. The fourth-order valence-electron chi connectivity index (χ4n) is 1.59. The topological polar surface area (TPSA) is 34.9 Å². The molecule has 0 amide bonds. The van der Waals surface area contributed by atoms with Crippen molar-refractivity contribution in [1.82, 2.24) is 9.78 Å². The lowest BCUT2D eigenvalue weighted by Crippen LogP contribution is -1.93. The minimum absolute atomic E-state index is 0.0116. The molecule has 2 aromatic rings. The first kappa shape index (κ1) is 11.3. The first-order chi connectivity index (χ1) is 8.15. The van der Waals surface area contributed by atoms with Crippen LogP contribution in [0.1, 0.15) is 21.5 Å². The molecule has 0 N–H and O–H groups in total. The van der Waals surface area contributed by atoms with Crippen molar-refractivity contribution in [2.45, 2.75) is 6.92 Å². The van der Waals surface area contributed by atoms with Gasteiger partial charge in [0.15, 0.2) is 5.78 Å². The zero-order valence-electron chi connectivity index (χ0n) is 9.92. The highest BCUT2D eigenvalue weighted by atomic mass is 16.1. The van der Waals surface area contributed by atoms with E-state index in [4.69, 9.17) is 0 Å². The molecular weight excluding hydrogens is 212 g/mol. The van der Waals surface area contributed by atoms with Crippen molar-refractivity contribution < 1.29 is 4.79 Å². The number of carbonyl (C=O) groups is 1. The van der Waals surface area contributed by atoms with Crippen LogP contribution in [-0.4, -0.2) is 15.6 Å². The number of hydrogen-bond acceptors (Lipinski definition) is 2. The molecule has 1 aromatic carbocycles. The average molecular weight is 226 g/mol. The summed E-state index contributed by atoms with van der Waals surface area (Å²) in [6.45, 7) is 1.97. The van der Waals surface area contributed by atoms with Crippen LogP contribution in [-0.2, 0) is 7.05 Å². The summed E-state index contributed by atoms with van der Waals surface area (Å²) >= 11 is 0. The van der Waals surface area contributed by atoms with E-state index in [1.54, 1.807) is 23.0 Å². The molecule has 86 valence electrons. The molecule has 0 radical (unpaired) electrons. The number of carbonyl (C=O) groups excluding carboxylic acids is 1. The predicted molar refractivity (Wildman–Crippen MR) is 67.8 cm³/mol. The zero-order chi connectivity index (χ0) is 12.3. The quantitative estimate of drug-likeness (QED) is 0.595. The number of allylic oxidation sites excluding steroid dienone is 1. The van der Waals surface area contributed by atoms with Crippen LogP contribution in [0.15, 0.2) is 42.7 Å². The lowest BCUT2D eigenvalue weighted by Gasteiger charge is -1.96. The zero-order valence-corrected chi connectivity index (χ0v) is 9.92. The number of ketones is 1. The molecule has 2 rings (SSSR count). The molecule has 0 fully saturated rings. The van der Waals surface area contributed by atoms with E-state index in [2.05, 4.69) is 5.10 Å². The van der Waals surface area contributed by atoms with Crippen molar-refractivity contribution in [3.63, 3.8) is 0 Å². The first-order valence-electron chi connectivity index (χ1n) is 5.43. The van der Waals surface area contributed by atoms with E-state index >= 15 is 0 Å². The largest absolute Gasteiger partial charge is 0.289 e. The molecule has 1 aromatic heterocycles. The summed E-state index contributed by atoms with van der Waals surface area (Å²) in [5.74, 6) is 0.0116. The number of nitrogens with zero attached hydrogens (tertiary/aromatic N) is 2. The van der Waals surface area contributed by atoms with Gasteiger partial charge in [-0.1, -0.05) is 23.8 Å². The second-order valence-corrected chi connectivity index (χ2v) is 4.01. The molecule has 0 aliphatic heterocycles. The number of hydrogen-bond donors (Lipinski definition) is 0. The van der Waals surface area contributed by atoms with Gasteiger partial charge < -0.3 is 0 Å². The Labute approximate surface area is 100 Å². The van der Waals surface area contributed by atoms with Gasteiger partial charge in [0.25, 0.3) is 0 Å². The summed E-state index contributed by atoms with van der Waals surface area (Å²) in [5, 5.41) is 4.04. The van der Waals surface area contributed by atoms with Crippen molar-refractivity contribution >= 4 is 11.9 Å². The number of benzene rings is 1. The lowest BCUT2D eigenvalue weighted by molar-refractivity contribution is 0.104. The molecule has 0 aliphatic carbocycles. The summed E-state index contributed by atoms with van der Waals surface area (Å²) in [7, 11) is 1.85. The maximum atomic E-state index is 11.9. The fourth-order valence-corrected chi connectivity index (χ4v) is 1.59. The number of aromatic nitrogens is 2. The van der Waals surface area contributed by atoms with E-state index in [1.807, 2.05) is 44.4 Å². The van der Waals surface area contributed by atoms with Gasteiger partial charge in [-0.2, -0.15) is 5.10 Å². The Morgan fingerprint density at radius 3 is 2.88 bits per heavy atom. The minimum atomic E-state index is 0.0116. The number of rotatable bonds is 3. The Morgan fingerprint density at radius 1 is 1.41 bits per heavy atom. The van der Waals surface area contributed by atoms with Gasteiger partial charge in [-0.25, -0.2) is 0 Å². The molecule has 3 heteroatoms. The molecule has 0 saturated carbocycles. The van der Waals surface area contributed by atoms with Crippen LogP contribution in [0, 0.1) is 6.92 Å². The molecule has 0 bridgehead atoms. The second-order valence-electron chi connectivity index (χ2n) is 4.01. The van der Waals surface area contributed by atoms with Crippen LogP contribution in [0.3, 0.4) is 0 Å². The summed E-state index contributed by atoms with van der Waals surface area (Å²) in [4.78, 5) is 11.9. The van der Waals surface area contributed by atoms with Crippen LogP contribution in [0.5, 0.6) is 0 Å². The summed E-state index contributed by atoms with van der Waals surface area (Å²) in [6, 6.07) is 7.57. The highest BCUT2D eigenvalue weighted by molar-refractivity contribution is 6.06. The maximum absolute atomic E-state index is 11.9. The van der Waals surface area contributed by atoms with Crippen molar-refractivity contribution in [1.29, 1.82) is 0 Å². The van der Waals surface area contributed by atoms with Crippen molar-refractivity contribution in [2.75, 3.05) is 0 Å². The fraction of sp³-hybridized carbons (Fsp3) is 0.143. The molecule has 0 spiro atoms. The third-order valence-electron chi connectivity index (χ3n) is 2.45. The van der Waals surface area contributed by atoms with Crippen LogP contribution in [0.25, 0.3) is 6.08 Å². The Hall–Kier alpha value is -2.16. The van der Waals surface area contributed by atoms with Gasteiger partial charge in [0.05, 0.1) is 6.20 Å². The Kier molecular flexibility index (Phi) is 3.19. The third-order valence-corrected chi connectivity index (χ3v) is 2.45. The van der Waals surface area contributed by atoms with Crippen molar-refractivity contribution in [3.05, 3.63) is 59.4 Å². The van der Waals surface area contributed by atoms with Crippen LogP contribution in [0.2, 0.25) is 0 Å². The Balaban J connectivity index is 2.14. The predicted octanol–water partition coefficient (Wildman–Crippen LogP) is 2.62. The normalized spacial score (nSPS) is 10.9. The maximum Gasteiger partial charge on any atom is 0.185 e. The molecule has 0 aliphatic rings. The monoisotopic (exact) mass is 226 g/mol. The first-order valence-corrected chi connectivity index (χ1v) is 5.43. The molecule has 0 atom stereocenters. The van der Waals surface area contributed by atoms with Gasteiger partial charge in [-0.3, -0.25) is 9.48 Å². The van der Waals surface area contributed by atoms with Gasteiger partial charge in [0, 0.05) is 24.4 Å². The molecular formula is C14H14N2O. The van der Waals surface area contributed by atoms with Gasteiger partial charge in [-0.05, 0) is 25.1 Å². The molecule has 0 unspecified atom stereocenters. The minimum Gasteiger partial charge on any atom is -0.289 e. The average Bonchev–Trinajstić information content (AvgIpc) is 2.72. The highest BCUT2D eigenvalue weighted by Gasteiger charge is 2.01. The molecule has 0 saturated heterocycles. The van der Waals surface area contributed by atoms with Crippen LogP contribution < -0.4 is 0 Å². The van der Waals surface area contributed by atoms with E-state index in [1.165, 1.54) is 0 Å². The molecule has 1 heterocycles. The van der Waals surface area contributed by atoms with Crippen LogP contribution >= 0.6 is 0 Å². The van der Waals surface area contributed by atoms with Gasteiger partial charge in [-0.15, -0.1) is 0 Å². The third kappa shape index (κ3) is 2.91. The molecule has 3 nitrogen and oxygen atoms in total. The van der Waals surface area contributed by atoms with Crippen molar-refractivity contribution in [2.24, 2.45) is 7.05 Å². The second kappa shape index (κ2) is 4.78. The summed E-state index contributed by atoms with van der Waals surface area (Å²) in [5.41, 5.74) is 2.73. The standard InChI is InChI=1S/C14H14N2O/c1-11-4-3-5-13(8-11)14(17)7-6-12-9-15-16(2)10-12/h3-10H,1-2H3/b7-6+. The summed E-state index contributed by atoms with van der Waals surface area (Å²) in [6.07, 6.45) is 6.93. The summed E-state index contributed by atoms with van der Waals surface area (Å²) < 4.78 is 1.71. The molecule has 17 heavy (non-hydrogen) atoms. The smallest absolute Gasteiger partial charge is 0.185 e. The lowest BCUT2D eigenvalue weighted by atomic mass is 10.1. The van der Waals surface area contributed by atoms with E-state index in [0.29, 0.717) is 5.56 Å². The highest BCUT2D eigenvalue weighted by Crippen LogP contribution is 2.07. The van der Waals surface area contributed by atoms with Gasteiger partial charge >= 0.3 is 0 Å². The Bertz CT molecular complexity index is 567. The van der Waals surface area contributed by atoms with Gasteiger partial charge in [0.2, 0.25) is 0 Å². The SMILES string of the molecule is Cc1cccc(C(=O)/C=C/c2cnn(C)c2)c1. The van der Waals surface area contributed by atoms with E-state index in [0.717, 1.165) is 11.1 Å².